The minimum absolute atomic E-state index is 0.0127. The molecule has 6 nitrogen and oxygen atoms in total. The molecule has 7 heteroatoms. The zero-order valence-corrected chi connectivity index (χ0v) is 21.3. The molecule has 0 spiro atoms. The molecule has 0 fully saturated rings. The Balaban J connectivity index is 1.56. The second kappa shape index (κ2) is 10.2. The molecule has 1 heterocycles. The highest BCUT2D eigenvalue weighted by Crippen LogP contribution is 2.45. The van der Waals surface area contributed by atoms with Gasteiger partial charge < -0.3 is 24.8 Å². The minimum Gasteiger partial charge on any atom is -0.495 e. The van der Waals surface area contributed by atoms with Gasteiger partial charge in [0.05, 0.1) is 43.3 Å². The number of carbonyl (C=O) groups is 1. The van der Waals surface area contributed by atoms with E-state index in [9.17, 15) is 4.79 Å². The molecule has 0 bridgehead atoms. The van der Waals surface area contributed by atoms with Gasteiger partial charge in [-0.1, -0.05) is 35.9 Å². The van der Waals surface area contributed by atoms with Crippen molar-refractivity contribution < 1.29 is 19.0 Å². The third-order valence-electron chi connectivity index (χ3n) is 6.78. The van der Waals surface area contributed by atoms with E-state index >= 15 is 0 Å². The van der Waals surface area contributed by atoms with Crippen molar-refractivity contribution in [1.29, 1.82) is 0 Å². The van der Waals surface area contributed by atoms with Crippen LogP contribution in [-0.4, -0.2) is 26.6 Å². The summed E-state index contributed by atoms with van der Waals surface area (Å²) in [6.07, 6.45) is 1.09. The van der Waals surface area contributed by atoms with E-state index in [-0.39, 0.29) is 17.7 Å². The lowest BCUT2D eigenvalue weighted by Crippen LogP contribution is -2.27. The van der Waals surface area contributed by atoms with Crippen molar-refractivity contribution in [3.63, 3.8) is 0 Å². The molecule has 5 rings (SSSR count). The van der Waals surface area contributed by atoms with Crippen molar-refractivity contribution >= 4 is 28.8 Å². The van der Waals surface area contributed by atoms with E-state index in [0.29, 0.717) is 41.7 Å². The Labute approximate surface area is 216 Å². The Kier molecular flexibility index (Phi) is 6.79. The zero-order valence-electron chi connectivity index (χ0n) is 20.6. The molecule has 36 heavy (non-hydrogen) atoms. The maximum absolute atomic E-state index is 13.8. The normalized spacial score (nSPS) is 18.8. The number of Topliss-reactive ketones (excluding diaryl/α,β-unsaturated/α-hetero) is 1. The van der Waals surface area contributed by atoms with Crippen molar-refractivity contribution in [2.45, 2.75) is 31.7 Å². The number of carbonyl (C=O) groups excluding carboxylic acids is 1. The number of methoxy groups -OCH3 is 2. The van der Waals surface area contributed by atoms with Crippen LogP contribution >= 0.6 is 11.6 Å². The van der Waals surface area contributed by atoms with Crippen molar-refractivity contribution in [3.05, 3.63) is 88.1 Å². The number of allylic oxidation sites excluding steroid dienone is 1. The third-order valence-corrected chi connectivity index (χ3v) is 7.07. The Morgan fingerprint density at radius 3 is 2.33 bits per heavy atom. The van der Waals surface area contributed by atoms with Crippen LogP contribution in [0.5, 0.6) is 17.2 Å². The zero-order chi connectivity index (χ0) is 25.2. The van der Waals surface area contributed by atoms with Crippen LogP contribution in [0.2, 0.25) is 5.02 Å². The van der Waals surface area contributed by atoms with Crippen LogP contribution in [0.3, 0.4) is 0 Å². The van der Waals surface area contributed by atoms with Crippen LogP contribution in [-0.2, 0) is 4.79 Å². The molecule has 2 unspecified atom stereocenters. The van der Waals surface area contributed by atoms with Gasteiger partial charge in [-0.15, -0.1) is 0 Å². The van der Waals surface area contributed by atoms with Gasteiger partial charge >= 0.3 is 0 Å². The first-order chi connectivity index (χ1) is 17.5. The second-order valence-corrected chi connectivity index (χ2v) is 9.31. The summed E-state index contributed by atoms with van der Waals surface area (Å²) < 4.78 is 16.6. The topological polar surface area (TPSA) is 68.8 Å². The van der Waals surface area contributed by atoms with E-state index in [4.69, 9.17) is 25.8 Å². The van der Waals surface area contributed by atoms with Gasteiger partial charge in [0.1, 0.15) is 5.75 Å². The van der Waals surface area contributed by atoms with Gasteiger partial charge in [-0.25, -0.2) is 0 Å². The summed E-state index contributed by atoms with van der Waals surface area (Å²) in [6, 6.07) is 19.2. The highest BCUT2D eigenvalue weighted by molar-refractivity contribution is 6.32. The van der Waals surface area contributed by atoms with Crippen LogP contribution in [0.25, 0.3) is 0 Å². The van der Waals surface area contributed by atoms with Gasteiger partial charge in [0.25, 0.3) is 0 Å². The fourth-order valence-electron chi connectivity index (χ4n) is 5.05. The first-order valence-corrected chi connectivity index (χ1v) is 12.4. The first-order valence-electron chi connectivity index (χ1n) is 12.0. The van der Waals surface area contributed by atoms with Crippen molar-refractivity contribution in [1.82, 2.24) is 0 Å². The fraction of sp³-hybridized carbons (Fsp3) is 0.276. The number of anilines is 2. The first kappa shape index (κ1) is 24.1. The maximum atomic E-state index is 13.8. The number of halogens is 1. The lowest BCUT2D eigenvalue weighted by Gasteiger charge is -2.30. The predicted molar refractivity (Wildman–Crippen MR) is 143 cm³/mol. The van der Waals surface area contributed by atoms with E-state index < -0.39 is 0 Å². The van der Waals surface area contributed by atoms with Crippen LogP contribution in [0.1, 0.15) is 42.9 Å². The van der Waals surface area contributed by atoms with Gasteiger partial charge in [-0.3, -0.25) is 4.79 Å². The summed E-state index contributed by atoms with van der Waals surface area (Å²) in [5.41, 5.74) is 5.47. The SMILES string of the molecule is CCOc1ccc(C2CC(=O)C3=C(C2)Nc2ccccc2NC3c2ccc(OC)c(Cl)c2)cc1OC. The molecule has 2 atom stereocenters. The number of ketones is 1. The standard InChI is InChI=1S/C29H29ClN2O4/c1-4-36-26-12-9-17(16-27(26)35-3)19-14-23-28(24(33)15-19)29(18-10-11-25(34-2)20(30)13-18)32-22-8-6-5-7-21(22)31-23/h5-13,16,19,29,31-32H,4,14-15H2,1-3H3. The molecule has 0 radical (unpaired) electrons. The maximum Gasteiger partial charge on any atom is 0.163 e. The van der Waals surface area contributed by atoms with E-state index in [0.717, 1.165) is 33.8 Å². The lowest BCUT2D eigenvalue weighted by atomic mass is 9.78. The monoisotopic (exact) mass is 504 g/mol. The van der Waals surface area contributed by atoms with E-state index in [2.05, 4.69) is 10.6 Å². The number of nitrogens with one attached hydrogen (secondary N) is 2. The molecule has 1 aliphatic carbocycles. The molecule has 2 N–H and O–H groups in total. The molecule has 3 aromatic rings. The molecular weight excluding hydrogens is 476 g/mol. The van der Waals surface area contributed by atoms with Crippen molar-refractivity contribution in [3.8, 4) is 17.2 Å². The smallest absolute Gasteiger partial charge is 0.163 e. The molecule has 1 aliphatic heterocycles. The summed E-state index contributed by atoms with van der Waals surface area (Å²) in [4.78, 5) is 13.8. The fourth-order valence-corrected chi connectivity index (χ4v) is 5.32. The Hall–Kier alpha value is -3.64. The average molecular weight is 505 g/mol. The molecule has 0 aromatic heterocycles. The van der Waals surface area contributed by atoms with Crippen molar-refractivity contribution in [2.24, 2.45) is 0 Å². The summed E-state index contributed by atoms with van der Waals surface area (Å²) >= 11 is 6.48. The minimum atomic E-state index is -0.345. The van der Waals surface area contributed by atoms with Crippen LogP contribution < -0.4 is 24.8 Å². The third kappa shape index (κ3) is 4.49. The Morgan fingerprint density at radius 1 is 0.889 bits per heavy atom. The summed E-state index contributed by atoms with van der Waals surface area (Å²) in [6.45, 7) is 2.50. The predicted octanol–water partition coefficient (Wildman–Crippen LogP) is 6.74. The highest BCUT2D eigenvalue weighted by Gasteiger charge is 2.36. The number of hydrogen-bond acceptors (Lipinski definition) is 6. The van der Waals surface area contributed by atoms with E-state index in [1.807, 2.05) is 67.6 Å². The quantitative estimate of drug-likeness (QED) is 0.387. The Bertz CT molecular complexity index is 1340. The average Bonchev–Trinajstić information content (AvgIpc) is 3.06. The Morgan fingerprint density at radius 2 is 1.61 bits per heavy atom. The molecule has 186 valence electrons. The van der Waals surface area contributed by atoms with Crippen LogP contribution in [0, 0.1) is 0 Å². The van der Waals surface area contributed by atoms with E-state index in [1.165, 1.54) is 0 Å². The summed E-state index contributed by atoms with van der Waals surface area (Å²) in [5, 5.41) is 7.67. The van der Waals surface area contributed by atoms with Gasteiger partial charge in [-0.2, -0.15) is 0 Å². The van der Waals surface area contributed by atoms with Crippen LogP contribution in [0.15, 0.2) is 71.9 Å². The summed E-state index contributed by atoms with van der Waals surface area (Å²) in [5.74, 6) is 2.08. The largest absolute Gasteiger partial charge is 0.495 e. The van der Waals surface area contributed by atoms with Gasteiger partial charge in [0.2, 0.25) is 0 Å². The number of hydrogen-bond donors (Lipinski definition) is 2. The molecule has 3 aromatic carbocycles. The lowest BCUT2D eigenvalue weighted by molar-refractivity contribution is -0.116. The number of fused-ring (bicyclic) bond motifs is 1. The van der Waals surface area contributed by atoms with E-state index in [1.54, 1.807) is 14.2 Å². The molecule has 2 aliphatic rings. The van der Waals surface area contributed by atoms with Gasteiger partial charge in [0.15, 0.2) is 17.3 Å². The van der Waals surface area contributed by atoms with Crippen molar-refractivity contribution in [2.75, 3.05) is 31.5 Å². The van der Waals surface area contributed by atoms with Gasteiger partial charge in [-0.05, 0) is 66.8 Å². The number of ether oxygens (including phenoxy) is 3. The van der Waals surface area contributed by atoms with Crippen LogP contribution in [0.4, 0.5) is 11.4 Å². The number of para-hydroxylation sites is 2. The molecule has 0 saturated carbocycles. The number of benzene rings is 3. The highest BCUT2D eigenvalue weighted by atomic mass is 35.5. The summed E-state index contributed by atoms with van der Waals surface area (Å²) in [7, 11) is 3.22. The number of rotatable bonds is 6. The molecular formula is C29H29ClN2O4. The second-order valence-electron chi connectivity index (χ2n) is 8.91. The van der Waals surface area contributed by atoms with Gasteiger partial charge in [0, 0.05) is 17.7 Å². The molecule has 0 amide bonds. The molecule has 0 saturated heterocycles.